The molecule has 0 aromatic carbocycles. The molecule has 1 unspecified atom stereocenters. The Labute approximate surface area is 121 Å². The van der Waals surface area contributed by atoms with Gasteiger partial charge in [0.2, 0.25) is 3.79 Å². The highest BCUT2D eigenvalue weighted by molar-refractivity contribution is 8.00. The van der Waals surface area contributed by atoms with E-state index in [0.29, 0.717) is 10.4 Å². The third kappa shape index (κ3) is 3.42. The second-order valence-electron chi connectivity index (χ2n) is 3.51. The smallest absolute Gasteiger partial charge is 0.233 e. The number of nitriles is 1. The fourth-order valence-corrected chi connectivity index (χ4v) is 2.65. The molecule has 1 rings (SSSR count). The largest absolute Gasteiger partial charge is 0.256 e. The van der Waals surface area contributed by atoms with Crippen LogP contribution in [0.4, 0.5) is 0 Å². The molecule has 98 valence electrons. The number of aromatic nitrogens is 1. The van der Waals surface area contributed by atoms with Gasteiger partial charge in [0, 0.05) is 22.9 Å². The highest BCUT2D eigenvalue weighted by Crippen LogP contribution is 2.38. The van der Waals surface area contributed by atoms with Crippen LogP contribution in [0, 0.1) is 11.5 Å². The number of hydrogen-bond acceptors (Lipinski definition) is 3. The minimum absolute atomic E-state index is 0.182. The fourth-order valence-electron chi connectivity index (χ4n) is 1.29. The molecule has 0 aliphatic rings. The Kier molecular flexibility index (Phi) is 4.73. The van der Waals surface area contributed by atoms with Crippen molar-refractivity contribution in [3.63, 3.8) is 0 Å². The maximum Gasteiger partial charge on any atom is 0.233 e. The van der Waals surface area contributed by atoms with Crippen LogP contribution in [0.1, 0.15) is 18.2 Å². The standard InChI is InChI=1S/C10H10Cl3N3OS/c1-7(18(2,17)16-6-14)8-4-3-5-15-9(8)10(11,12)13/h3-5H,1-2H3,(H,16,17). The molecule has 0 bridgehead atoms. The number of hydrogen-bond donors (Lipinski definition) is 1. The van der Waals surface area contributed by atoms with Crippen LogP contribution < -0.4 is 4.72 Å². The lowest BCUT2D eigenvalue weighted by Crippen LogP contribution is -2.26. The molecule has 1 N–H and O–H groups in total. The Morgan fingerprint density at radius 2 is 2.17 bits per heavy atom. The van der Waals surface area contributed by atoms with Gasteiger partial charge in [-0.05, 0) is 13.0 Å². The third-order valence-corrected chi connectivity index (χ3v) is 4.69. The third-order valence-electron chi connectivity index (χ3n) is 2.28. The molecule has 0 saturated carbocycles. The number of alkyl halides is 3. The molecule has 1 heterocycles. The van der Waals surface area contributed by atoms with Gasteiger partial charge in [-0.25, -0.2) is 8.93 Å². The first-order chi connectivity index (χ1) is 8.20. The van der Waals surface area contributed by atoms with Crippen LogP contribution in [-0.4, -0.2) is 20.3 Å². The van der Waals surface area contributed by atoms with Crippen molar-refractivity contribution in [2.24, 2.45) is 0 Å². The van der Waals surface area contributed by atoms with Crippen molar-refractivity contribution in [2.75, 3.05) is 6.26 Å². The van der Waals surface area contributed by atoms with Crippen molar-refractivity contribution in [1.82, 2.24) is 9.71 Å². The lowest BCUT2D eigenvalue weighted by Gasteiger charge is -2.17. The molecule has 0 aliphatic heterocycles. The zero-order valence-electron chi connectivity index (χ0n) is 9.58. The summed E-state index contributed by atoms with van der Waals surface area (Å²) in [7, 11) is -2.71. The van der Waals surface area contributed by atoms with E-state index in [9.17, 15) is 4.21 Å². The molecule has 18 heavy (non-hydrogen) atoms. The topological polar surface area (TPSA) is 65.8 Å². The molecule has 1 aromatic heterocycles. The van der Waals surface area contributed by atoms with Gasteiger partial charge in [0.05, 0.1) is 15.4 Å². The van der Waals surface area contributed by atoms with Gasteiger partial charge in [-0.2, -0.15) is 5.26 Å². The van der Waals surface area contributed by atoms with Gasteiger partial charge in [0.15, 0.2) is 6.19 Å². The summed E-state index contributed by atoms with van der Waals surface area (Å²) in [6, 6.07) is 3.28. The quantitative estimate of drug-likeness (QED) is 0.298. The SMILES string of the molecule is CC(c1cccnc1C(Cl)(Cl)Cl)=S(C)(=O)NC#N. The van der Waals surface area contributed by atoms with Crippen LogP contribution in [0.2, 0.25) is 0 Å². The average Bonchev–Trinajstić information content (AvgIpc) is 2.27. The molecule has 0 fully saturated rings. The average molecular weight is 327 g/mol. The lowest BCUT2D eigenvalue weighted by molar-refractivity contribution is 0.681. The van der Waals surface area contributed by atoms with Crippen molar-refractivity contribution in [3.05, 3.63) is 29.6 Å². The van der Waals surface area contributed by atoms with E-state index in [1.54, 1.807) is 25.2 Å². The van der Waals surface area contributed by atoms with Crippen molar-refractivity contribution in [3.8, 4) is 6.19 Å². The molecule has 0 radical (unpaired) electrons. The van der Waals surface area contributed by atoms with Gasteiger partial charge in [-0.3, -0.25) is 4.98 Å². The summed E-state index contributed by atoms with van der Waals surface area (Å²) in [5, 5.41) is 8.58. The van der Waals surface area contributed by atoms with E-state index in [1.165, 1.54) is 12.5 Å². The van der Waals surface area contributed by atoms with E-state index >= 15 is 0 Å². The first-order valence-corrected chi connectivity index (χ1v) is 7.81. The number of nitrogens with zero attached hydrogens (tertiary/aromatic N) is 2. The molecular formula is C10H10Cl3N3OS. The Morgan fingerprint density at radius 3 is 2.67 bits per heavy atom. The molecule has 0 amide bonds. The Morgan fingerprint density at radius 1 is 1.56 bits per heavy atom. The van der Waals surface area contributed by atoms with Crippen LogP contribution in [0.25, 0.3) is 0 Å². The summed E-state index contributed by atoms with van der Waals surface area (Å²) >= 11 is 17.4. The Balaban J connectivity index is 3.55. The van der Waals surface area contributed by atoms with Crippen LogP contribution in [0.5, 0.6) is 0 Å². The van der Waals surface area contributed by atoms with E-state index in [0.717, 1.165) is 0 Å². The maximum atomic E-state index is 12.2. The molecule has 0 aliphatic carbocycles. The van der Waals surface area contributed by atoms with Gasteiger partial charge in [-0.1, -0.05) is 40.9 Å². The highest BCUT2D eigenvalue weighted by atomic mass is 35.6. The van der Waals surface area contributed by atoms with Crippen LogP contribution in [-0.2, 0) is 13.5 Å². The van der Waals surface area contributed by atoms with E-state index < -0.39 is 13.5 Å². The summed E-state index contributed by atoms with van der Waals surface area (Å²) in [6.45, 7) is 1.60. The Bertz CT molecular complexity index is 610. The van der Waals surface area contributed by atoms with Crippen LogP contribution in [0.15, 0.2) is 18.3 Å². The van der Waals surface area contributed by atoms with E-state index in [-0.39, 0.29) is 5.69 Å². The molecule has 1 atom stereocenters. The van der Waals surface area contributed by atoms with Crippen molar-refractivity contribution < 1.29 is 4.21 Å². The fraction of sp³-hybridized carbons (Fsp3) is 0.300. The van der Waals surface area contributed by atoms with E-state index in [1.807, 2.05) is 0 Å². The number of nitrogens with one attached hydrogen (secondary N) is 1. The summed E-state index contributed by atoms with van der Waals surface area (Å²) < 4.78 is 12.8. The summed E-state index contributed by atoms with van der Waals surface area (Å²) in [5.41, 5.74) is 0.634. The van der Waals surface area contributed by atoms with Crippen molar-refractivity contribution >= 4 is 49.4 Å². The van der Waals surface area contributed by atoms with Crippen molar-refractivity contribution in [1.29, 1.82) is 5.26 Å². The first-order valence-electron chi connectivity index (χ1n) is 4.71. The monoisotopic (exact) mass is 325 g/mol. The minimum Gasteiger partial charge on any atom is -0.256 e. The molecule has 1 aromatic rings. The van der Waals surface area contributed by atoms with Gasteiger partial charge < -0.3 is 0 Å². The number of halogens is 3. The molecular weight excluding hydrogens is 317 g/mol. The predicted molar refractivity (Wildman–Crippen MR) is 76.1 cm³/mol. The molecule has 0 saturated heterocycles. The van der Waals surface area contributed by atoms with E-state index in [2.05, 4.69) is 9.71 Å². The molecule has 4 nitrogen and oxygen atoms in total. The normalized spacial score (nSPS) is 14.4. The van der Waals surface area contributed by atoms with Crippen molar-refractivity contribution in [2.45, 2.75) is 10.7 Å². The zero-order chi connectivity index (χ0) is 14.0. The van der Waals surface area contributed by atoms with Gasteiger partial charge in [-0.15, -0.1) is 0 Å². The lowest BCUT2D eigenvalue weighted by atomic mass is 10.1. The van der Waals surface area contributed by atoms with Gasteiger partial charge in [0.1, 0.15) is 0 Å². The van der Waals surface area contributed by atoms with Gasteiger partial charge >= 0.3 is 0 Å². The van der Waals surface area contributed by atoms with E-state index in [4.69, 9.17) is 40.1 Å². The highest BCUT2D eigenvalue weighted by Gasteiger charge is 2.29. The number of rotatable bonds is 2. The summed E-state index contributed by atoms with van der Waals surface area (Å²) in [5.74, 6) is 0. The zero-order valence-corrected chi connectivity index (χ0v) is 12.7. The van der Waals surface area contributed by atoms with Crippen LogP contribution >= 0.6 is 34.8 Å². The Hall–Kier alpha value is -0.670. The maximum absolute atomic E-state index is 12.2. The second-order valence-corrected chi connectivity index (χ2v) is 8.30. The first kappa shape index (κ1) is 15.4. The number of pyridine rings is 1. The predicted octanol–water partition coefficient (Wildman–Crippen LogP) is 2.35. The summed E-state index contributed by atoms with van der Waals surface area (Å²) in [6.07, 6.45) is 4.53. The molecule has 0 spiro atoms. The van der Waals surface area contributed by atoms with Gasteiger partial charge in [0.25, 0.3) is 0 Å². The summed E-state index contributed by atoms with van der Waals surface area (Å²) in [4.78, 5) is 4.39. The second kappa shape index (κ2) is 5.54. The van der Waals surface area contributed by atoms with Crippen LogP contribution in [0.3, 0.4) is 0 Å². The minimum atomic E-state index is -2.71. The molecule has 8 heteroatoms.